The van der Waals surface area contributed by atoms with Gasteiger partial charge in [-0.25, -0.2) is 0 Å². The summed E-state index contributed by atoms with van der Waals surface area (Å²) in [6.45, 7) is 0.696. The quantitative estimate of drug-likeness (QED) is 0.458. The predicted octanol–water partition coefficient (Wildman–Crippen LogP) is 1.20. The van der Waals surface area contributed by atoms with E-state index < -0.39 is 5.97 Å². The summed E-state index contributed by atoms with van der Waals surface area (Å²) in [5.74, 6) is -0.383. The van der Waals surface area contributed by atoms with Crippen LogP contribution in [0.15, 0.2) is 0 Å². The molecule has 5 nitrogen and oxygen atoms in total. The maximum absolute atomic E-state index is 10.7. The lowest BCUT2D eigenvalue weighted by Crippen LogP contribution is -2.36. The van der Waals surface area contributed by atoms with Crippen molar-refractivity contribution in [3.63, 3.8) is 0 Å². The van der Waals surface area contributed by atoms with Crippen molar-refractivity contribution in [1.82, 2.24) is 5.32 Å². The molecule has 0 amide bonds. The van der Waals surface area contributed by atoms with Crippen LogP contribution in [0, 0.1) is 17.2 Å². The van der Waals surface area contributed by atoms with Gasteiger partial charge in [-0.2, -0.15) is 0 Å². The van der Waals surface area contributed by atoms with Crippen LogP contribution in [-0.4, -0.2) is 23.6 Å². The summed E-state index contributed by atoms with van der Waals surface area (Å²) in [6, 6.07) is 0. The number of hydrogen-bond donors (Lipinski definition) is 4. The first-order valence-corrected chi connectivity index (χ1v) is 4.90. The van der Waals surface area contributed by atoms with Gasteiger partial charge in [0.05, 0.1) is 5.92 Å². The van der Waals surface area contributed by atoms with Gasteiger partial charge in [-0.3, -0.25) is 10.2 Å². The first kappa shape index (κ1) is 17.7. The van der Waals surface area contributed by atoms with Gasteiger partial charge in [-0.1, -0.05) is 0 Å². The molecule has 0 unspecified atom stereocenters. The monoisotopic (exact) mass is 271 g/mol. The summed E-state index contributed by atoms with van der Waals surface area (Å²) in [6.07, 6.45) is 3.33. The topological polar surface area (TPSA) is 99.2 Å². The first-order valence-electron chi connectivity index (χ1n) is 4.90. The Balaban J connectivity index is 0. The van der Waals surface area contributed by atoms with Crippen molar-refractivity contribution in [2.24, 2.45) is 17.6 Å². The Labute approximate surface area is 107 Å². The maximum atomic E-state index is 10.7. The number of aliphatic carboxylic acids is 1. The van der Waals surface area contributed by atoms with E-state index in [2.05, 4.69) is 5.32 Å². The van der Waals surface area contributed by atoms with Crippen LogP contribution in [0.1, 0.15) is 25.7 Å². The third-order valence-electron chi connectivity index (χ3n) is 2.78. The van der Waals surface area contributed by atoms with Crippen molar-refractivity contribution in [1.29, 1.82) is 5.41 Å². The van der Waals surface area contributed by atoms with E-state index in [0.29, 0.717) is 12.5 Å². The summed E-state index contributed by atoms with van der Waals surface area (Å²) in [4.78, 5) is 10.7. The second kappa shape index (κ2) is 8.47. The SMILES string of the molecule is Cl.Cl.N=C(N)NC[C@H]1CC[C@H](C(=O)O)CC1. The van der Waals surface area contributed by atoms with Gasteiger partial charge in [-0.05, 0) is 31.6 Å². The number of nitrogens with two attached hydrogens (primary N) is 1. The largest absolute Gasteiger partial charge is 0.481 e. The molecular weight excluding hydrogens is 253 g/mol. The van der Waals surface area contributed by atoms with Gasteiger partial charge in [0, 0.05) is 6.54 Å². The zero-order valence-electron chi connectivity index (χ0n) is 8.94. The lowest BCUT2D eigenvalue weighted by molar-refractivity contribution is -0.143. The van der Waals surface area contributed by atoms with Crippen molar-refractivity contribution in [3.05, 3.63) is 0 Å². The Kier molecular flexibility index (Phi) is 9.37. The fraction of sp³-hybridized carbons (Fsp3) is 0.778. The van der Waals surface area contributed by atoms with E-state index in [0.717, 1.165) is 25.7 Å². The summed E-state index contributed by atoms with van der Waals surface area (Å²) < 4.78 is 0. The second-order valence-corrected chi connectivity index (χ2v) is 3.85. The zero-order chi connectivity index (χ0) is 10.6. The average molecular weight is 272 g/mol. The van der Waals surface area contributed by atoms with Crippen LogP contribution < -0.4 is 11.1 Å². The van der Waals surface area contributed by atoms with Gasteiger partial charge in [0.25, 0.3) is 0 Å². The van der Waals surface area contributed by atoms with Crippen LogP contribution >= 0.6 is 24.8 Å². The van der Waals surface area contributed by atoms with E-state index in [-0.39, 0.29) is 36.7 Å². The molecule has 0 bridgehead atoms. The third-order valence-corrected chi connectivity index (χ3v) is 2.78. The Hall–Kier alpha value is -0.680. The van der Waals surface area contributed by atoms with Crippen LogP contribution in [0.4, 0.5) is 0 Å². The molecule has 0 atom stereocenters. The highest BCUT2D eigenvalue weighted by Crippen LogP contribution is 2.28. The molecule has 0 aliphatic heterocycles. The molecular formula is C9H19Cl2N3O2. The molecule has 0 aromatic heterocycles. The number of carboxylic acids is 1. The van der Waals surface area contributed by atoms with Gasteiger partial charge in [0.1, 0.15) is 0 Å². The fourth-order valence-corrected chi connectivity index (χ4v) is 1.87. The molecule has 0 spiro atoms. The number of guanidine groups is 1. The standard InChI is InChI=1S/C9H17N3O2.2ClH/c10-9(11)12-5-6-1-3-7(4-2-6)8(13)14;;/h6-7H,1-5H2,(H,13,14)(H4,10,11,12);2*1H/t6-,7-;;. The van der Waals surface area contributed by atoms with Crippen LogP contribution in [0.2, 0.25) is 0 Å². The number of rotatable bonds is 3. The number of carboxylic acid groups (broad SMARTS) is 1. The molecule has 0 saturated heterocycles. The minimum absolute atomic E-state index is 0. The Morgan fingerprint density at radius 1 is 1.31 bits per heavy atom. The second-order valence-electron chi connectivity index (χ2n) is 3.85. The summed E-state index contributed by atoms with van der Waals surface area (Å²) >= 11 is 0. The number of nitrogens with one attached hydrogen (secondary N) is 2. The van der Waals surface area contributed by atoms with Crippen molar-refractivity contribution >= 4 is 36.7 Å². The zero-order valence-corrected chi connectivity index (χ0v) is 10.6. The van der Waals surface area contributed by atoms with Gasteiger partial charge >= 0.3 is 5.97 Å². The van der Waals surface area contributed by atoms with Crippen LogP contribution in [0.5, 0.6) is 0 Å². The lowest BCUT2D eigenvalue weighted by Gasteiger charge is -2.26. The molecule has 1 rings (SSSR count). The number of carbonyl (C=O) groups is 1. The van der Waals surface area contributed by atoms with E-state index in [4.69, 9.17) is 16.2 Å². The highest BCUT2D eigenvalue weighted by Gasteiger charge is 2.25. The molecule has 0 aromatic carbocycles. The van der Waals surface area contributed by atoms with Crippen molar-refractivity contribution in [2.75, 3.05) is 6.54 Å². The van der Waals surface area contributed by atoms with Crippen molar-refractivity contribution < 1.29 is 9.90 Å². The predicted molar refractivity (Wildman–Crippen MR) is 67.5 cm³/mol. The average Bonchev–Trinajstić information content (AvgIpc) is 2.15. The van der Waals surface area contributed by atoms with E-state index in [9.17, 15) is 4.79 Å². The van der Waals surface area contributed by atoms with Gasteiger partial charge in [0.15, 0.2) is 5.96 Å². The molecule has 1 saturated carbocycles. The molecule has 7 heteroatoms. The first-order chi connectivity index (χ1) is 6.59. The van der Waals surface area contributed by atoms with E-state index >= 15 is 0 Å². The Morgan fingerprint density at radius 2 is 1.81 bits per heavy atom. The summed E-state index contributed by atoms with van der Waals surface area (Å²) in [5.41, 5.74) is 5.16. The third kappa shape index (κ3) is 6.02. The van der Waals surface area contributed by atoms with Crippen LogP contribution in [0.25, 0.3) is 0 Å². The van der Waals surface area contributed by atoms with Crippen LogP contribution in [0.3, 0.4) is 0 Å². The van der Waals surface area contributed by atoms with Gasteiger partial charge in [0.2, 0.25) is 0 Å². The summed E-state index contributed by atoms with van der Waals surface area (Å²) in [5, 5.41) is 18.5. The highest BCUT2D eigenvalue weighted by molar-refractivity contribution is 5.85. The van der Waals surface area contributed by atoms with E-state index in [1.165, 1.54) is 0 Å². The molecule has 1 fully saturated rings. The summed E-state index contributed by atoms with van der Waals surface area (Å²) in [7, 11) is 0. The smallest absolute Gasteiger partial charge is 0.306 e. The molecule has 16 heavy (non-hydrogen) atoms. The number of halogens is 2. The Morgan fingerprint density at radius 3 is 2.19 bits per heavy atom. The number of hydrogen-bond acceptors (Lipinski definition) is 2. The highest BCUT2D eigenvalue weighted by atomic mass is 35.5. The van der Waals surface area contributed by atoms with E-state index in [1.807, 2.05) is 0 Å². The normalized spacial score (nSPS) is 23.5. The molecule has 0 heterocycles. The molecule has 5 N–H and O–H groups in total. The maximum Gasteiger partial charge on any atom is 0.306 e. The Bertz CT molecular complexity index is 231. The van der Waals surface area contributed by atoms with Crippen molar-refractivity contribution in [2.45, 2.75) is 25.7 Å². The molecule has 96 valence electrons. The van der Waals surface area contributed by atoms with Gasteiger partial charge in [-0.15, -0.1) is 24.8 Å². The van der Waals surface area contributed by atoms with Crippen LogP contribution in [-0.2, 0) is 4.79 Å². The minimum Gasteiger partial charge on any atom is -0.481 e. The molecule has 1 aliphatic rings. The van der Waals surface area contributed by atoms with Crippen molar-refractivity contribution in [3.8, 4) is 0 Å². The fourth-order valence-electron chi connectivity index (χ4n) is 1.87. The molecule has 0 radical (unpaired) electrons. The molecule has 1 aliphatic carbocycles. The molecule has 0 aromatic rings. The minimum atomic E-state index is -0.678. The lowest BCUT2D eigenvalue weighted by atomic mass is 9.82. The van der Waals surface area contributed by atoms with E-state index in [1.54, 1.807) is 0 Å². The van der Waals surface area contributed by atoms with Gasteiger partial charge < -0.3 is 16.2 Å².